The van der Waals surface area contributed by atoms with Gasteiger partial charge in [-0.05, 0) is 29.0 Å². The standard InChI is InChI=1S/C16H20BrNO3.Na/c1-9(10-4-6-11(17)7-5-10)8-18-14(19)12-13(15(20)21)16(12,2)3;/h4-7,9,12-13H,8H2,1-3H3,(H,18,19)(H,20,21);/q;+1/p-1. The molecule has 1 aliphatic rings. The molecule has 0 bridgehead atoms. The molecule has 0 heterocycles. The van der Waals surface area contributed by atoms with Crippen molar-refractivity contribution in [1.29, 1.82) is 0 Å². The number of carboxylic acid groups (broad SMARTS) is 1. The first-order chi connectivity index (χ1) is 9.75. The average Bonchev–Trinajstić information content (AvgIpc) is 2.99. The molecule has 4 nitrogen and oxygen atoms in total. The molecule has 22 heavy (non-hydrogen) atoms. The van der Waals surface area contributed by atoms with Gasteiger partial charge in [-0.25, -0.2) is 0 Å². The van der Waals surface area contributed by atoms with Gasteiger partial charge in [0.05, 0.1) is 5.92 Å². The summed E-state index contributed by atoms with van der Waals surface area (Å²) in [6.07, 6.45) is 0. The minimum atomic E-state index is -1.14. The van der Waals surface area contributed by atoms with Crippen LogP contribution in [0.2, 0.25) is 0 Å². The summed E-state index contributed by atoms with van der Waals surface area (Å²) in [6, 6.07) is 7.94. The van der Waals surface area contributed by atoms with Gasteiger partial charge in [0, 0.05) is 22.9 Å². The Balaban J connectivity index is 0.00000242. The summed E-state index contributed by atoms with van der Waals surface area (Å²) in [4.78, 5) is 23.1. The van der Waals surface area contributed by atoms with Gasteiger partial charge in [-0.1, -0.05) is 48.8 Å². The van der Waals surface area contributed by atoms with Gasteiger partial charge in [0.1, 0.15) is 0 Å². The molecular weight excluding hydrogens is 357 g/mol. The number of nitrogens with one attached hydrogen (secondary N) is 1. The number of carbonyl (C=O) groups excluding carboxylic acids is 2. The normalized spacial score (nSPS) is 23.1. The third-order valence-electron chi connectivity index (χ3n) is 4.39. The van der Waals surface area contributed by atoms with Gasteiger partial charge in [0.15, 0.2) is 0 Å². The Morgan fingerprint density at radius 1 is 1.27 bits per heavy atom. The van der Waals surface area contributed by atoms with Crippen LogP contribution in [0.1, 0.15) is 32.3 Å². The maximum Gasteiger partial charge on any atom is 1.00 e. The molecule has 1 N–H and O–H groups in total. The maximum absolute atomic E-state index is 12.1. The molecule has 1 amide bonds. The summed E-state index contributed by atoms with van der Waals surface area (Å²) in [7, 11) is 0. The molecule has 1 aliphatic carbocycles. The van der Waals surface area contributed by atoms with Gasteiger partial charge < -0.3 is 15.2 Å². The second kappa shape index (κ2) is 7.47. The molecule has 0 radical (unpaired) electrons. The van der Waals surface area contributed by atoms with Gasteiger partial charge in [0.25, 0.3) is 0 Å². The molecular formula is C16H19BrNNaO3. The summed E-state index contributed by atoms with van der Waals surface area (Å²) in [6.45, 7) is 6.09. The topological polar surface area (TPSA) is 69.2 Å². The van der Waals surface area contributed by atoms with Crippen LogP contribution in [0.15, 0.2) is 28.7 Å². The van der Waals surface area contributed by atoms with Crippen LogP contribution < -0.4 is 40.0 Å². The summed E-state index contributed by atoms with van der Waals surface area (Å²) in [5.74, 6) is -2.33. The molecule has 3 atom stereocenters. The molecule has 1 aromatic carbocycles. The van der Waals surface area contributed by atoms with E-state index in [0.717, 1.165) is 10.0 Å². The van der Waals surface area contributed by atoms with Crippen molar-refractivity contribution < 1.29 is 44.3 Å². The Kier molecular flexibility index (Phi) is 6.69. The van der Waals surface area contributed by atoms with E-state index >= 15 is 0 Å². The third-order valence-corrected chi connectivity index (χ3v) is 4.91. The summed E-state index contributed by atoms with van der Waals surface area (Å²) >= 11 is 3.39. The fraction of sp³-hybridized carbons (Fsp3) is 0.500. The molecule has 1 aromatic rings. The van der Waals surface area contributed by atoms with Crippen LogP contribution in [0.25, 0.3) is 0 Å². The first kappa shape index (κ1) is 19.7. The van der Waals surface area contributed by atoms with Crippen molar-refractivity contribution in [3.05, 3.63) is 34.3 Å². The van der Waals surface area contributed by atoms with Crippen LogP contribution in [-0.4, -0.2) is 18.4 Å². The van der Waals surface area contributed by atoms with E-state index in [0.29, 0.717) is 6.54 Å². The molecule has 2 rings (SSSR count). The van der Waals surface area contributed by atoms with Crippen LogP contribution in [0.3, 0.4) is 0 Å². The van der Waals surface area contributed by atoms with Crippen molar-refractivity contribution in [2.45, 2.75) is 26.7 Å². The third kappa shape index (κ3) is 4.13. The Morgan fingerprint density at radius 2 is 1.82 bits per heavy atom. The predicted molar refractivity (Wildman–Crippen MR) is 81.3 cm³/mol. The number of carbonyl (C=O) groups is 2. The number of amides is 1. The van der Waals surface area contributed by atoms with Gasteiger partial charge in [-0.15, -0.1) is 0 Å². The Bertz CT molecular complexity index is 559. The average molecular weight is 376 g/mol. The van der Waals surface area contributed by atoms with E-state index in [2.05, 4.69) is 21.2 Å². The van der Waals surface area contributed by atoms with Gasteiger partial charge in [0.2, 0.25) is 5.91 Å². The zero-order chi connectivity index (χ0) is 15.8. The number of rotatable bonds is 5. The second-order valence-corrected chi connectivity index (χ2v) is 7.21. The molecule has 6 heteroatoms. The number of benzene rings is 1. The van der Waals surface area contributed by atoms with Gasteiger partial charge >= 0.3 is 29.6 Å². The predicted octanol–water partition coefficient (Wildman–Crippen LogP) is -1.31. The van der Waals surface area contributed by atoms with Crippen LogP contribution in [0.4, 0.5) is 0 Å². The van der Waals surface area contributed by atoms with E-state index in [4.69, 9.17) is 0 Å². The van der Waals surface area contributed by atoms with Crippen LogP contribution in [0, 0.1) is 17.3 Å². The Morgan fingerprint density at radius 3 is 2.27 bits per heavy atom. The van der Waals surface area contributed by atoms with E-state index in [1.54, 1.807) is 13.8 Å². The molecule has 1 fully saturated rings. The number of hydrogen-bond acceptors (Lipinski definition) is 3. The van der Waals surface area contributed by atoms with Gasteiger partial charge in [-0.3, -0.25) is 4.79 Å². The summed E-state index contributed by atoms with van der Waals surface area (Å²) in [5.41, 5.74) is 0.619. The van der Waals surface area contributed by atoms with E-state index in [1.165, 1.54) is 0 Å². The molecule has 0 saturated heterocycles. The minimum Gasteiger partial charge on any atom is -0.550 e. The summed E-state index contributed by atoms with van der Waals surface area (Å²) < 4.78 is 1.01. The van der Waals surface area contributed by atoms with E-state index in [1.807, 2.05) is 31.2 Å². The quantitative estimate of drug-likeness (QED) is 0.650. The SMILES string of the molecule is CC(CNC(=O)C1C(C(=O)[O-])C1(C)C)c1ccc(Br)cc1.[Na+]. The number of aliphatic carboxylic acids is 1. The zero-order valence-corrected chi connectivity index (χ0v) is 16.9. The van der Waals surface area contributed by atoms with Crippen LogP contribution >= 0.6 is 15.9 Å². The maximum atomic E-state index is 12.1. The van der Waals surface area contributed by atoms with Crippen molar-refractivity contribution in [3.63, 3.8) is 0 Å². The minimum absolute atomic E-state index is 0. The largest absolute Gasteiger partial charge is 1.00 e. The first-order valence-corrected chi connectivity index (χ1v) is 7.78. The van der Waals surface area contributed by atoms with E-state index in [9.17, 15) is 14.7 Å². The second-order valence-electron chi connectivity index (χ2n) is 6.29. The van der Waals surface area contributed by atoms with E-state index < -0.39 is 23.2 Å². The van der Waals surface area contributed by atoms with Crippen LogP contribution in [-0.2, 0) is 9.59 Å². The molecule has 114 valence electrons. The Hall–Kier alpha value is -0.360. The molecule has 0 spiro atoms. The van der Waals surface area contributed by atoms with Crippen molar-refractivity contribution in [2.24, 2.45) is 17.3 Å². The van der Waals surface area contributed by atoms with Crippen molar-refractivity contribution in [3.8, 4) is 0 Å². The molecule has 0 aromatic heterocycles. The van der Waals surface area contributed by atoms with Crippen molar-refractivity contribution in [1.82, 2.24) is 5.32 Å². The zero-order valence-electron chi connectivity index (χ0n) is 13.4. The number of hydrogen-bond donors (Lipinski definition) is 1. The fourth-order valence-electron chi connectivity index (χ4n) is 2.84. The van der Waals surface area contributed by atoms with E-state index in [-0.39, 0.29) is 41.4 Å². The summed E-state index contributed by atoms with van der Waals surface area (Å²) in [5, 5.41) is 13.8. The number of halogens is 1. The van der Waals surface area contributed by atoms with Crippen molar-refractivity contribution >= 4 is 27.8 Å². The molecule has 3 unspecified atom stereocenters. The van der Waals surface area contributed by atoms with Crippen LogP contribution in [0.5, 0.6) is 0 Å². The van der Waals surface area contributed by atoms with Crippen molar-refractivity contribution in [2.75, 3.05) is 6.54 Å². The molecule has 0 aliphatic heterocycles. The Labute approximate surface area is 161 Å². The first-order valence-electron chi connectivity index (χ1n) is 6.99. The van der Waals surface area contributed by atoms with Gasteiger partial charge in [-0.2, -0.15) is 0 Å². The smallest absolute Gasteiger partial charge is 0.550 e. The fourth-order valence-corrected chi connectivity index (χ4v) is 3.10. The number of carboxylic acids is 1. The monoisotopic (exact) mass is 375 g/mol. The molecule has 1 saturated carbocycles.